The summed E-state index contributed by atoms with van der Waals surface area (Å²) in [5, 5.41) is 23.5. The van der Waals surface area contributed by atoms with Crippen LogP contribution in [0.5, 0.6) is 5.75 Å². The zero-order valence-corrected chi connectivity index (χ0v) is 22.2. The van der Waals surface area contributed by atoms with Crippen molar-refractivity contribution in [1.82, 2.24) is 14.7 Å². The Kier molecular flexibility index (Phi) is 8.48. The number of rotatable bonds is 9. The van der Waals surface area contributed by atoms with Crippen LogP contribution in [0.25, 0.3) is 11.1 Å². The van der Waals surface area contributed by atoms with Crippen molar-refractivity contribution in [3.8, 4) is 16.9 Å². The minimum Gasteiger partial charge on any atom is -0.489 e. The number of hydrogen-bond acceptors (Lipinski definition) is 6. The molecular weight excluding hydrogens is 484 g/mol. The molecule has 1 aliphatic heterocycles. The molecule has 1 fully saturated rings. The van der Waals surface area contributed by atoms with Gasteiger partial charge in [-0.05, 0) is 44.0 Å². The number of benzene rings is 2. The number of aliphatic hydroxyl groups is 2. The van der Waals surface area contributed by atoms with Crippen molar-refractivity contribution in [3.05, 3.63) is 70.5 Å². The minimum atomic E-state index is -0.915. The molecule has 3 aromatic rings. The summed E-state index contributed by atoms with van der Waals surface area (Å²) in [6, 6.07) is 13.3. The van der Waals surface area contributed by atoms with E-state index in [4.69, 9.17) is 10.5 Å². The molecule has 0 aliphatic carbocycles. The number of aromatic nitrogens is 2. The van der Waals surface area contributed by atoms with Crippen molar-refractivity contribution in [2.45, 2.75) is 58.8 Å². The molecule has 2 heterocycles. The van der Waals surface area contributed by atoms with E-state index in [0.717, 1.165) is 28.1 Å². The highest BCUT2D eigenvalue weighted by atomic mass is 16.5. The van der Waals surface area contributed by atoms with Gasteiger partial charge in [0, 0.05) is 37.2 Å². The van der Waals surface area contributed by atoms with E-state index < -0.39 is 12.0 Å². The first-order valence-electron chi connectivity index (χ1n) is 12.9. The smallest absolute Gasteiger partial charge is 0.252 e. The van der Waals surface area contributed by atoms with Gasteiger partial charge in [-0.2, -0.15) is 5.10 Å². The summed E-state index contributed by atoms with van der Waals surface area (Å²) in [6.45, 7) is 6.75. The van der Waals surface area contributed by atoms with E-state index in [1.165, 1.54) is 5.56 Å². The average Bonchev–Trinajstić information content (AvgIpc) is 3.18. The second kappa shape index (κ2) is 11.8. The maximum absolute atomic E-state index is 12.8. The predicted octanol–water partition coefficient (Wildman–Crippen LogP) is 2.54. The number of primary amides is 1. The molecule has 9 nitrogen and oxygen atoms in total. The Morgan fingerprint density at radius 2 is 1.79 bits per heavy atom. The summed E-state index contributed by atoms with van der Waals surface area (Å²) in [6.07, 6.45) is 0.666. The number of nitrogens with zero attached hydrogens (tertiary/aromatic N) is 3. The highest BCUT2D eigenvalue weighted by molar-refractivity contribution is 5.97. The van der Waals surface area contributed by atoms with Crippen LogP contribution in [0.4, 0.5) is 0 Å². The van der Waals surface area contributed by atoms with Crippen molar-refractivity contribution in [2.75, 3.05) is 19.7 Å². The Morgan fingerprint density at radius 1 is 1.11 bits per heavy atom. The highest BCUT2D eigenvalue weighted by Gasteiger charge is 2.26. The van der Waals surface area contributed by atoms with Gasteiger partial charge in [-0.3, -0.25) is 14.3 Å². The summed E-state index contributed by atoms with van der Waals surface area (Å²) >= 11 is 0. The number of hydrogen-bond donors (Lipinski definition) is 3. The van der Waals surface area contributed by atoms with E-state index in [9.17, 15) is 19.8 Å². The molecule has 1 aromatic heterocycles. The van der Waals surface area contributed by atoms with Gasteiger partial charge < -0.3 is 25.6 Å². The molecule has 1 atom stereocenters. The van der Waals surface area contributed by atoms with E-state index >= 15 is 0 Å². The van der Waals surface area contributed by atoms with Crippen molar-refractivity contribution < 1.29 is 24.5 Å². The minimum absolute atomic E-state index is 0.104. The lowest BCUT2D eigenvalue weighted by atomic mass is 10.00. The van der Waals surface area contributed by atoms with Gasteiger partial charge in [0.2, 0.25) is 5.91 Å². The van der Waals surface area contributed by atoms with Crippen molar-refractivity contribution in [3.63, 3.8) is 0 Å². The third kappa shape index (κ3) is 6.23. The summed E-state index contributed by atoms with van der Waals surface area (Å²) in [4.78, 5) is 27.0. The molecule has 4 N–H and O–H groups in total. The van der Waals surface area contributed by atoms with E-state index in [1.54, 1.807) is 16.8 Å². The number of likely N-dealkylation sites (tertiary alicyclic amines) is 1. The van der Waals surface area contributed by atoms with Crippen LogP contribution < -0.4 is 10.5 Å². The first-order valence-corrected chi connectivity index (χ1v) is 12.9. The van der Waals surface area contributed by atoms with Gasteiger partial charge in [-0.15, -0.1) is 0 Å². The lowest BCUT2D eigenvalue weighted by Crippen LogP contribution is -2.42. The zero-order valence-electron chi connectivity index (χ0n) is 22.2. The summed E-state index contributed by atoms with van der Waals surface area (Å²) < 4.78 is 7.86. The number of nitrogens with two attached hydrogens (primary N) is 1. The van der Waals surface area contributed by atoms with Crippen molar-refractivity contribution >= 4 is 11.8 Å². The summed E-state index contributed by atoms with van der Waals surface area (Å²) in [5.74, 6) is -0.0673. The average molecular weight is 521 g/mol. The van der Waals surface area contributed by atoms with E-state index in [0.29, 0.717) is 38.1 Å². The van der Waals surface area contributed by atoms with Crippen LogP contribution in [0, 0.1) is 20.8 Å². The largest absolute Gasteiger partial charge is 0.489 e. The maximum atomic E-state index is 12.8. The Labute approximate surface area is 222 Å². The van der Waals surface area contributed by atoms with E-state index in [-0.39, 0.29) is 30.7 Å². The van der Waals surface area contributed by atoms with Crippen LogP contribution in [0.3, 0.4) is 0 Å². The van der Waals surface area contributed by atoms with Crippen LogP contribution in [-0.2, 0) is 17.8 Å². The Morgan fingerprint density at radius 3 is 2.42 bits per heavy atom. The number of amides is 2. The second-order valence-corrected chi connectivity index (χ2v) is 10.00. The fraction of sp³-hybridized carbons (Fsp3) is 0.414. The number of piperidine rings is 1. The molecule has 38 heavy (non-hydrogen) atoms. The number of aliphatic hydroxyl groups excluding tert-OH is 2. The third-order valence-corrected chi connectivity index (χ3v) is 7.07. The number of carbonyl (C=O) groups is 2. The quantitative estimate of drug-likeness (QED) is 0.397. The molecule has 2 amide bonds. The fourth-order valence-electron chi connectivity index (χ4n) is 4.93. The lowest BCUT2D eigenvalue weighted by Gasteiger charge is -2.32. The molecule has 0 spiro atoms. The van der Waals surface area contributed by atoms with Crippen molar-refractivity contribution in [2.24, 2.45) is 5.73 Å². The Bertz CT molecular complexity index is 1290. The van der Waals surface area contributed by atoms with Crippen LogP contribution in [0.15, 0.2) is 42.5 Å². The molecule has 0 saturated carbocycles. The maximum Gasteiger partial charge on any atom is 0.252 e. The van der Waals surface area contributed by atoms with Crippen LogP contribution in [0.2, 0.25) is 0 Å². The van der Waals surface area contributed by atoms with Gasteiger partial charge >= 0.3 is 0 Å². The first kappa shape index (κ1) is 27.3. The molecule has 4 rings (SSSR count). The Balaban J connectivity index is 1.43. The summed E-state index contributed by atoms with van der Waals surface area (Å²) in [7, 11) is 0. The third-order valence-electron chi connectivity index (χ3n) is 7.07. The standard InChI is InChI=1S/C29H36N4O5/c1-18-4-6-21(7-5-18)14-27(36)32-12-10-24(11-13-32)38-26-9-8-22(15-25(26)29(30)37)28-19(2)31-33(20(28)3)16-23(35)17-34/h4-9,15,23-24,34-35H,10-14,16-17H2,1-3H3,(H2,30,37)/t23-/m1/s1. The van der Waals surface area contributed by atoms with E-state index in [2.05, 4.69) is 5.10 Å². The van der Waals surface area contributed by atoms with Crippen LogP contribution >= 0.6 is 0 Å². The van der Waals surface area contributed by atoms with Gasteiger partial charge in [-0.1, -0.05) is 35.9 Å². The number of ether oxygens (including phenoxy) is 1. The molecule has 2 aromatic carbocycles. The second-order valence-electron chi connectivity index (χ2n) is 10.00. The molecule has 1 aliphatic rings. The first-order chi connectivity index (χ1) is 18.2. The number of carbonyl (C=O) groups excluding carboxylic acids is 2. The van der Waals surface area contributed by atoms with E-state index in [1.807, 2.05) is 56.0 Å². The van der Waals surface area contributed by atoms with Gasteiger partial charge in [0.05, 0.1) is 36.9 Å². The predicted molar refractivity (Wildman–Crippen MR) is 144 cm³/mol. The molecule has 0 bridgehead atoms. The normalized spacial score (nSPS) is 14.9. The molecule has 202 valence electrons. The highest BCUT2D eigenvalue weighted by Crippen LogP contribution is 2.32. The summed E-state index contributed by atoms with van der Waals surface area (Å²) in [5.41, 5.74) is 11.3. The molecule has 0 unspecified atom stereocenters. The lowest BCUT2D eigenvalue weighted by molar-refractivity contribution is -0.132. The fourth-order valence-corrected chi connectivity index (χ4v) is 4.93. The van der Waals surface area contributed by atoms with Gasteiger partial charge in [0.15, 0.2) is 0 Å². The Hall–Kier alpha value is -3.69. The molecular formula is C29H36N4O5. The molecule has 0 radical (unpaired) electrons. The van der Waals surface area contributed by atoms with Crippen molar-refractivity contribution in [1.29, 1.82) is 0 Å². The van der Waals surface area contributed by atoms with Crippen LogP contribution in [-0.4, -0.2) is 68.6 Å². The van der Waals surface area contributed by atoms with Gasteiger partial charge in [-0.25, -0.2) is 0 Å². The van der Waals surface area contributed by atoms with Crippen LogP contribution in [0.1, 0.15) is 45.7 Å². The van der Waals surface area contributed by atoms with Gasteiger partial charge in [0.25, 0.3) is 5.91 Å². The topological polar surface area (TPSA) is 131 Å². The number of aryl methyl sites for hydroxylation is 2. The monoisotopic (exact) mass is 520 g/mol. The zero-order chi connectivity index (χ0) is 27.4. The molecule has 1 saturated heterocycles. The SMILES string of the molecule is Cc1ccc(CC(=O)N2CCC(Oc3ccc(-c4c(C)nn(C[C@@H](O)CO)c4C)cc3C(N)=O)CC2)cc1. The van der Waals surface area contributed by atoms with Gasteiger partial charge in [0.1, 0.15) is 11.9 Å². The molecule has 9 heteroatoms.